The summed E-state index contributed by atoms with van der Waals surface area (Å²) in [5, 5.41) is 3.31. The fraction of sp³-hybridized carbons (Fsp3) is 0.667. The molecule has 21 heavy (non-hydrogen) atoms. The van der Waals surface area contributed by atoms with Crippen LogP contribution >= 0.6 is 0 Å². The molecule has 1 N–H and O–H groups in total. The molecule has 2 rings (SSSR count). The number of fused-ring (bicyclic) bond motifs is 1. The molecule has 0 saturated heterocycles. The Labute approximate surface area is 128 Å². The fourth-order valence-electron chi connectivity index (χ4n) is 3.60. The molecule has 0 amide bonds. The van der Waals surface area contributed by atoms with Crippen LogP contribution in [0.15, 0.2) is 12.1 Å². The van der Waals surface area contributed by atoms with Gasteiger partial charge in [0.05, 0.1) is 0 Å². The number of anilines is 1. The van der Waals surface area contributed by atoms with E-state index in [1.165, 1.54) is 5.56 Å². The second-order valence-corrected chi connectivity index (χ2v) is 7.20. The summed E-state index contributed by atoms with van der Waals surface area (Å²) in [6.45, 7) is 14.6. The zero-order valence-electron chi connectivity index (χ0n) is 14.3. The predicted octanol–water partition coefficient (Wildman–Crippen LogP) is 4.44. The smallest absolute Gasteiger partial charge is 0.129 e. The van der Waals surface area contributed by atoms with E-state index in [9.17, 15) is 4.39 Å². The van der Waals surface area contributed by atoms with Crippen molar-refractivity contribution in [3.05, 3.63) is 29.1 Å². The van der Waals surface area contributed by atoms with Gasteiger partial charge in [0.15, 0.2) is 0 Å². The first-order valence-corrected chi connectivity index (χ1v) is 8.09. The van der Waals surface area contributed by atoms with Crippen LogP contribution in [0.1, 0.15) is 65.0 Å². The third kappa shape index (κ3) is 3.23. The highest BCUT2D eigenvalue weighted by molar-refractivity contribution is 5.61. The maximum Gasteiger partial charge on any atom is 0.129 e. The van der Waals surface area contributed by atoms with Gasteiger partial charge >= 0.3 is 0 Å². The van der Waals surface area contributed by atoms with Gasteiger partial charge in [0.25, 0.3) is 0 Å². The minimum Gasteiger partial charge on any atom is -0.366 e. The summed E-state index contributed by atoms with van der Waals surface area (Å²) >= 11 is 0. The normalized spacial score (nSPS) is 20.8. The van der Waals surface area contributed by atoms with Gasteiger partial charge in [-0.2, -0.15) is 0 Å². The first-order valence-electron chi connectivity index (χ1n) is 8.09. The third-order valence-corrected chi connectivity index (χ3v) is 4.57. The molecule has 0 unspecified atom stereocenters. The van der Waals surface area contributed by atoms with Crippen LogP contribution in [-0.2, 0) is 6.54 Å². The van der Waals surface area contributed by atoms with E-state index in [1.807, 2.05) is 0 Å². The maximum atomic E-state index is 14.4. The first-order chi connectivity index (χ1) is 9.76. The predicted molar refractivity (Wildman–Crippen MR) is 88.5 cm³/mol. The fourth-order valence-corrected chi connectivity index (χ4v) is 3.60. The lowest BCUT2D eigenvalue weighted by Crippen LogP contribution is -2.48. The van der Waals surface area contributed by atoms with Crippen LogP contribution in [0.4, 0.5) is 10.1 Å². The standard InChI is InChI=1S/C18H29FN2/c1-7-21-17-9-16(19)14(11-20-12(2)3)8-15(17)13(4)10-18(21,5)6/h8-9,12-13,20H,7,10-11H2,1-6H3/t13-/m0/s1. The van der Waals surface area contributed by atoms with Crippen molar-refractivity contribution in [1.29, 1.82) is 0 Å². The molecule has 1 atom stereocenters. The number of rotatable bonds is 4. The van der Waals surface area contributed by atoms with Crippen LogP contribution in [0.5, 0.6) is 0 Å². The molecule has 0 aliphatic carbocycles. The van der Waals surface area contributed by atoms with Crippen molar-refractivity contribution in [3.8, 4) is 0 Å². The van der Waals surface area contributed by atoms with Crippen LogP contribution in [-0.4, -0.2) is 18.1 Å². The van der Waals surface area contributed by atoms with E-state index in [0.29, 0.717) is 18.5 Å². The molecule has 0 saturated carbocycles. The highest BCUT2D eigenvalue weighted by Crippen LogP contribution is 2.43. The van der Waals surface area contributed by atoms with E-state index in [0.717, 1.165) is 24.2 Å². The zero-order valence-corrected chi connectivity index (χ0v) is 14.3. The van der Waals surface area contributed by atoms with Crippen LogP contribution in [0, 0.1) is 5.82 Å². The van der Waals surface area contributed by atoms with Gasteiger partial charge in [0, 0.05) is 35.9 Å². The number of hydrogen-bond acceptors (Lipinski definition) is 2. The van der Waals surface area contributed by atoms with Crippen LogP contribution < -0.4 is 10.2 Å². The van der Waals surface area contributed by atoms with Crippen LogP contribution in [0.3, 0.4) is 0 Å². The summed E-state index contributed by atoms with van der Waals surface area (Å²) in [6.07, 6.45) is 1.11. The molecular weight excluding hydrogens is 263 g/mol. The summed E-state index contributed by atoms with van der Waals surface area (Å²) in [4.78, 5) is 2.34. The molecular formula is C18H29FN2. The highest BCUT2D eigenvalue weighted by Gasteiger charge is 2.36. The summed E-state index contributed by atoms with van der Waals surface area (Å²) in [5.41, 5.74) is 3.24. The second-order valence-electron chi connectivity index (χ2n) is 7.20. The van der Waals surface area contributed by atoms with Gasteiger partial charge < -0.3 is 10.2 Å². The Kier molecular flexibility index (Phi) is 4.62. The van der Waals surface area contributed by atoms with Crippen molar-refractivity contribution in [2.45, 2.75) is 72.0 Å². The zero-order chi connectivity index (χ0) is 15.8. The van der Waals surface area contributed by atoms with E-state index in [2.05, 4.69) is 57.8 Å². The van der Waals surface area contributed by atoms with Gasteiger partial charge in [-0.25, -0.2) is 4.39 Å². The number of halogens is 1. The van der Waals surface area contributed by atoms with Gasteiger partial charge in [-0.3, -0.25) is 0 Å². The van der Waals surface area contributed by atoms with Crippen molar-refractivity contribution in [2.75, 3.05) is 11.4 Å². The SMILES string of the molecule is CCN1c2cc(F)c(CNC(C)C)cc2[C@@H](C)CC1(C)C. The molecule has 0 radical (unpaired) electrons. The lowest BCUT2D eigenvalue weighted by molar-refractivity contribution is 0.380. The number of hydrogen-bond donors (Lipinski definition) is 1. The molecule has 118 valence electrons. The topological polar surface area (TPSA) is 15.3 Å². The molecule has 2 nitrogen and oxygen atoms in total. The highest BCUT2D eigenvalue weighted by atomic mass is 19.1. The number of nitrogens with one attached hydrogen (secondary N) is 1. The summed E-state index contributed by atoms with van der Waals surface area (Å²) in [5.74, 6) is 0.376. The minimum atomic E-state index is -0.0924. The Morgan fingerprint density at radius 2 is 2.05 bits per heavy atom. The minimum absolute atomic E-state index is 0.0886. The van der Waals surface area contributed by atoms with Crippen LogP contribution in [0.2, 0.25) is 0 Å². The van der Waals surface area contributed by atoms with Gasteiger partial charge in [-0.15, -0.1) is 0 Å². The molecule has 0 aromatic heterocycles. The van der Waals surface area contributed by atoms with Crippen molar-refractivity contribution >= 4 is 5.69 Å². The molecule has 1 aromatic carbocycles. The monoisotopic (exact) mass is 292 g/mol. The Morgan fingerprint density at radius 3 is 2.62 bits per heavy atom. The van der Waals surface area contributed by atoms with Gasteiger partial charge in [0.2, 0.25) is 0 Å². The molecule has 1 aliphatic heterocycles. The summed E-state index contributed by atoms with van der Waals surface area (Å²) < 4.78 is 14.4. The Bertz CT molecular complexity index is 508. The van der Waals surface area contributed by atoms with Gasteiger partial charge in [0.1, 0.15) is 5.82 Å². The lowest BCUT2D eigenvalue weighted by atomic mass is 9.79. The van der Waals surface area contributed by atoms with Crippen molar-refractivity contribution in [3.63, 3.8) is 0 Å². The molecule has 0 spiro atoms. The quantitative estimate of drug-likeness (QED) is 0.883. The molecule has 1 heterocycles. The first kappa shape index (κ1) is 16.3. The largest absolute Gasteiger partial charge is 0.366 e. The van der Waals surface area contributed by atoms with Gasteiger partial charge in [-0.1, -0.05) is 20.8 Å². The molecule has 1 aromatic rings. The van der Waals surface area contributed by atoms with Gasteiger partial charge in [-0.05, 0) is 50.8 Å². The van der Waals surface area contributed by atoms with E-state index >= 15 is 0 Å². The van der Waals surface area contributed by atoms with E-state index in [4.69, 9.17) is 0 Å². The van der Waals surface area contributed by atoms with Crippen molar-refractivity contribution < 1.29 is 4.39 Å². The van der Waals surface area contributed by atoms with Crippen LogP contribution in [0.25, 0.3) is 0 Å². The molecule has 0 bridgehead atoms. The maximum absolute atomic E-state index is 14.4. The van der Waals surface area contributed by atoms with E-state index < -0.39 is 0 Å². The average Bonchev–Trinajstić information content (AvgIpc) is 2.36. The Hall–Kier alpha value is -1.09. The third-order valence-electron chi connectivity index (χ3n) is 4.57. The van der Waals surface area contributed by atoms with E-state index in [-0.39, 0.29) is 11.4 Å². The summed E-state index contributed by atoms with van der Waals surface area (Å²) in [7, 11) is 0. The second kappa shape index (κ2) is 5.96. The molecule has 3 heteroatoms. The van der Waals surface area contributed by atoms with Crippen molar-refractivity contribution in [1.82, 2.24) is 5.32 Å². The van der Waals surface area contributed by atoms with Crippen molar-refractivity contribution in [2.24, 2.45) is 0 Å². The molecule has 0 fully saturated rings. The Morgan fingerprint density at radius 1 is 1.38 bits per heavy atom. The Balaban J connectivity index is 2.41. The number of nitrogens with zero attached hydrogens (tertiary/aromatic N) is 1. The average molecular weight is 292 g/mol. The summed E-state index contributed by atoms with van der Waals surface area (Å²) in [6, 6.07) is 4.18. The number of benzene rings is 1. The van der Waals surface area contributed by atoms with E-state index in [1.54, 1.807) is 6.07 Å². The molecule has 1 aliphatic rings. The lowest BCUT2D eigenvalue weighted by Gasteiger charge is -2.47.